The lowest BCUT2D eigenvalue weighted by Gasteiger charge is -2.34. The molecule has 0 saturated heterocycles. The standard InChI is InChI=1S/C35H37Cl2N3O4S/c1-5-38-35(42)33(21-27-9-7-6-8-10-27)39(22-28-15-18-30(36)31(37)20-28)34(41)23-40(32-19-25(3)11-14-26(32)4)45(43,44)29-16-12-24(2)13-17-29/h6-20,33H,5,21-23H2,1-4H3,(H,38,42)/t33-/m0/s1. The highest BCUT2D eigenvalue weighted by atomic mass is 35.5. The van der Waals surface area contributed by atoms with E-state index in [0.717, 1.165) is 21.0 Å². The molecule has 1 atom stereocenters. The molecule has 7 nitrogen and oxygen atoms in total. The average Bonchev–Trinajstić information content (AvgIpc) is 3.01. The van der Waals surface area contributed by atoms with E-state index in [1.165, 1.54) is 17.0 Å². The topological polar surface area (TPSA) is 86.8 Å². The molecule has 0 aromatic heterocycles. The van der Waals surface area contributed by atoms with Gasteiger partial charge in [-0.2, -0.15) is 0 Å². The highest BCUT2D eigenvalue weighted by Crippen LogP contribution is 2.29. The fourth-order valence-corrected chi connectivity index (χ4v) is 6.81. The number of nitrogens with one attached hydrogen (secondary N) is 1. The summed E-state index contributed by atoms with van der Waals surface area (Å²) in [5.74, 6) is -0.903. The van der Waals surface area contributed by atoms with Crippen LogP contribution in [0.1, 0.15) is 34.7 Å². The number of carbonyl (C=O) groups is 2. The molecule has 0 spiro atoms. The van der Waals surface area contributed by atoms with Gasteiger partial charge >= 0.3 is 0 Å². The van der Waals surface area contributed by atoms with Gasteiger partial charge in [-0.15, -0.1) is 0 Å². The van der Waals surface area contributed by atoms with Gasteiger partial charge in [0.25, 0.3) is 10.0 Å². The fourth-order valence-electron chi connectivity index (χ4n) is 5.02. The molecule has 0 aliphatic heterocycles. The number of likely N-dealkylation sites (N-methyl/N-ethyl adjacent to an activating group) is 1. The van der Waals surface area contributed by atoms with Gasteiger partial charge in [-0.05, 0) is 80.3 Å². The zero-order valence-electron chi connectivity index (χ0n) is 25.8. The minimum absolute atomic E-state index is 0.00439. The highest BCUT2D eigenvalue weighted by molar-refractivity contribution is 7.92. The third-order valence-electron chi connectivity index (χ3n) is 7.48. The monoisotopic (exact) mass is 665 g/mol. The van der Waals surface area contributed by atoms with Gasteiger partial charge in [0.1, 0.15) is 12.6 Å². The molecule has 0 fully saturated rings. The predicted octanol–water partition coefficient (Wildman–Crippen LogP) is 6.89. The molecular weight excluding hydrogens is 629 g/mol. The molecule has 0 heterocycles. The van der Waals surface area contributed by atoms with Crippen LogP contribution in [0, 0.1) is 20.8 Å². The maximum absolute atomic E-state index is 14.5. The largest absolute Gasteiger partial charge is 0.355 e. The van der Waals surface area contributed by atoms with Crippen molar-refractivity contribution >= 4 is 50.7 Å². The van der Waals surface area contributed by atoms with Crippen LogP contribution in [0.2, 0.25) is 10.0 Å². The van der Waals surface area contributed by atoms with Crippen molar-refractivity contribution in [3.63, 3.8) is 0 Å². The Morgan fingerprint density at radius 2 is 1.47 bits per heavy atom. The van der Waals surface area contributed by atoms with Crippen molar-refractivity contribution in [2.45, 2.75) is 51.6 Å². The van der Waals surface area contributed by atoms with Gasteiger partial charge in [-0.1, -0.05) is 89.4 Å². The summed E-state index contributed by atoms with van der Waals surface area (Å²) >= 11 is 12.5. The van der Waals surface area contributed by atoms with Gasteiger partial charge in [-0.3, -0.25) is 13.9 Å². The van der Waals surface area contributed by atoms with Gasteiger partial charge in [0.15, 0.2) is 0 Å². The number of carbonyl (C=O) groups excluding carboxylic acids is 2. The number of hydrogen-bond donors (Lipinski definition) is 1. The maximum atomic E-state index is 14.5. The Bertz CT molecular complexity index is 1760. The number of amides is 2. The molecule has 45 heavy (non-hydrogen) atoms. The first-order valence-corrected chi connectivity index (χ1v) is 16.8. The molecule has 4 aromatic rings. The predicted molar refractivity (Wildman–Crippen MR) is 181 cm³/mol. The average molecular weight is 667 g/mol. The molecule has 10 heteroatoms. The molecule has 4 rings (SSSR count). The van der Waals surface area contributed by atoms with Crippen molar-refractivity contribution in [2.24, 2.45) is 0 Å². The summed E-state index contributed by atoms with van der Waals surface area (Å²) in [5.41, 5.74) is 4.30. The van der Waals surface area contributed by atoms with E-state index in [9.17, 15) is 18.0 Å². The second kappa shape index (κ2) is 15.0. The summed E-state index contributed by atoms with van der Waals surface area (Å²) < 4.78 is 29.6. The molecule has 1 N–H and O–H groups in total. The number of anilines is 1. The van der Waals surface area contributed by atoms with Gasteiger partial charge in [0.05, 0.1) is 20.6 Å². The van der Waals surface area contributed by atoms with Gasteiger partial charge < -0.3 is 10.2 Å². The van der Waals surface area contributed by atoms with Gasteiger partial charge in [0, 0.05) is 19.5 Å². The quantitative estimate of drug-likeness (QED) is 0.179. The number of aryl methyl sites for hydroxylation is 3. The first kappa shape index (κ1) is 34.0. The minimum Gasteiger partial charge on any atom is -0.355 e. The second-order valence-electron chi connectivity index (χ2n) is 11.0. The minimum atomic E-state index is -4.19. The molecule has 0 saturated carbocycles. The third-order valence-corrected chi connectivity index (χ3v) is 9.99. The highest BCUT2D eigenvalue weighted by Gasteiger charge is 2.35. The number of rotatable bonds is 12. The van der Waals surface area contributed by atoms with E-state index in [1.54, 1.807) is 50.2 Å². The molecule has 0 radical (unpaired) electrons. The summed E-state index contributed by atoms with van der Waals surface area (Å²) in [6, 6.07) is 25.4. The van der Waals surface area contributed by atoms with Gasteiger partial charge in [0.2, 0.25) is 11.8 Å². The number of hydrogen-bond acceptors (Lipinski definition) is 4. The lowest BCUT2D eigenvalue weighted by atomic mass is 10.0. The van der Waals surface area contributed by atoms with E-state index in [-0.39, 0.29) is 23.8 Å². The van der Waals surface area contributed by atoms with Crippen molar-refractivity contribution in [1.82, 2.24) is 10.2 Å². The summed E-state index contributed by atoms with van der Waals surface area (Å²) in [7, 11) is -4.19. The molecule has 4 aromatic carbocycles. The number of nitrogens with zero attached hydrogens (tertiary/aromatic N) is 2. The summed E-state index contributed by atoms with van der Waals surface area (Å²) in [4.78, 5) is 29.6. The maximum Gasteiger partial charge on any atom is 0.264 e. The zero-order chi connectivity index (χ0) is 32.7. The van der Waals surface area contributed by atoms with E-state index < -0.39 is 28.5 Å². The van der Waals surface area contributed by atoms with Crippen LogP contribution >= 0.6 is 23.2 Å². The Balaban J connectivity index is 1.84. The normalized spacial score (nSPS) is 12.0. The van der Waals surface area contributed by atoms with Crippen LogP contribution < -0.4 is 9.62 Å². The Hall–Kier alpha value is -3.85. The lowest BCUT2D eigenvalue weighted by molar-refractivity contribution is -0.140. The number of halogens is 2. The Morgan fingerprint density at radius 1 is 0.800 bits per heavy atom. The lowest BCUT2D eigenvalue weighted by Crippen LogP contribution is -2.53. The Labute approximate surface area is 275 Å². The number of sulfonamides is 1. The molecule has 2 amide bonds. The third kappa shape index (κ3) is 8.45. The van der Waals surface area contributed by atoms with Crippen LogP contribution in [0.15, 0.2) is 95.9 Å². The summed E-state index contributed by atoms with van der Waals surface area (Å²) in [5, 5.41) is 3.52. The molecule has 0 unspecified atom stereocenters. The zero-order valence-corrected chi connectivity index (χ0v) is 28.1. The Kier molecular flexibility index (Phi) is 11.3. The molecule has 0 bridgehead atoms. The smallest absolute Gasteiger partial charge is 0.264 e. The van der Waals surface area contributed by atoms with Crippen molar-refractivity contribution < 1.29 is 18.0 Å². The first-order valence-electron chi connectivity index (χ1n) is 14.6. The van der Waals surface area contributed by atoms with Crippen molar-refractivity contribution in [3.05, 3.63) is 129 Å². The van der Waals surface area contributed by atoms with Crippen LogP contribution in [0.25, 0.3) is 0 Å². The fraction of sp³-hybridized carbons (Fsp3) is 0.257. The van der Waals surface area contributed by atoms with Crippen LogP contribution in [0.5, 0.6) is 0 Å². The second-order valence-corrected chi connectivity index (χ2v) is 13.7. The van der Waals surface area contributed by atoms with E-state index >= 15 is 0 Å². The van der Waals surface area contributed by atoms with E-state index in [2.05, 4.69) is 5.32 Å². The number of benzene rings is 4. The summed E-state index contributed by atoms with van der Waals surface area (Å²) in [6.07, 6.45) is 0.216. The van der Waals surface area contributed by atoms with Gasteiger partial charge in [-0.25, -0.2) is 8.42 Å². The molecular formula is C35H37Cl2N3O4S. The van der Waals surface area contributed by atoms with Crippen LogP contribution in [-0.2, 0) is 32.6 Å². The van der Waals surface area contributed by atoms with Crippen molar-refractivity contribution in [1.29, 1.82) is 0 Å². The molecule has 0 aliphatic rings. The summed E-state index contributed by atoms with van der Waals surface area (Å²) in [6.45, 7) is 7.16. The molecule has 0 aliphatic carbocycles. The van der Waals surface area contributed by atoms with E-state index in [1.807, 2.05) is 56.3 Å². The van der Waals surface area contributed by atoms with E-state index in [4.69, 9.17) is 23.2 Å². The first-order chi connectivity index (χ1) is 21.4. The van der Waals surface area contributed by atoms with Crippen molar-refractivity contribution in [3.8, 4) is 0 Å². The Morgan fingerprint density at radius 3 is 2.11 bits per heavy atom. The SMILES string of the molecule is CCNC(=O)[C@H](Cc1ccccc1)N(Cc1ccc(Cl)c(Cl)c1)C(=O)CN(c1cc(C)ccc1C)S(=O)(=O)c1ccc(C)cc1. The van der Waals surface area contributed by atoms with Crippen molar-refractivity contribution in [2.75, 3.05) is 17.4 Å². The van der Waals surface area contributed by atoms with Crippen LogP contribution in [0.4, 0.5) is 5.69 Å². The molecule has 236 valence electrons. The van der Waals surface area contributed by atoms with Crippen LogP contribution in [-0.4, -0.2) is 44.3 Å². The van der Waals surface area contributed by atoms with E-state index in [0.29, 0.717) is 33.4 Å². The van der Waals surface area contributed by atoms with Crippen LogP contribution in [0.3, 0.4) is 0 Å².